The van der Waals surface area contributed by atoms with Crippen LogP contribution in [0.5, 0.6) is 0 Å². The van der Waals surface area contributed by atoms with E-state index in [1.165, 1.54) is 25.7 Å². The lowest BCUT2D eigenvalue weighted by Gasteiger charge is -2.42. The van der Waals surface area contributed by atoms with E-state index < -0.39 is 6.09 Å². The van der Waals surface area contributed by atoms with Gasteiger partial charge < -0.3 is 10.0 Å². The van der Waals surface area contributed by atoms with Gasteiger partial charge in [-0.1, -0.05) is 49.6 Å². The summed E-state index contributed by atoms with van der Waals surface area (Å²) in [6, 6.07) is 10.2. The van der Waals surface area contributed by atoms with Crippen LogP contribution < -0.4 is 0 Å². The van der Waals surface area contributed by atoms with Crippen LogP contribution in [0.2, 0.25) is 0 Å². The van der Waals surface area contributed by atoms with Gasteiger partial charge in [0, 0.05) is 12.6 Å². The summed E-state index contributed by atoms with van der Waals surface area (Å²) in [6.45, 7) is 0.528. The van der Waals surface area contributed by atoms with E-state index in [0.717, 1.165) is 30.2 Å². The Kier molecular flexibility index (Phi) is 3.95. The first-order valence-corrected chi connectivity index (χ1v) is 7.76. The Morgan fingerprint density at radius 1 is 1.10 bits per heavy atom. The monoisotopic (exact) mass is 273 g/mol. The molecule has 1 aromatic carbocycles. The van der Waals surface area contributed by atoms with E-state index in [4.69, 9.17) is 0 Å². The van der Waals surface area contributed by atoms with Crippen LogP contribution in [-0.4, -0.2) is 22.1 Å². The molecule has 2 saturated carbocycles. The quantitative estimate of drug-likeness (QED) is 0.899. The standard InChI is InChI=1S/C17H23NO2/c19-17(20)18(12-13-5-2-1-3-6-13)16-10-14-7-4-8-15(9-14)11-16/h1-3,5-6,14-16H,4,7-12H2,(H,19,20). The third-order valence-electron chi connectivity index (χ3n) is 4.98. The van der Waals surface area contributed by atoms with Crippen LogP contribution in [0.4, 0.5) is 4.79 Å². The Hall–Kier alpha value is -1.51. The number of benzene rings is 1. The van der Waals surface area contributed by atoms with Gasteiger partial charge in [0.05, 0.1) is 0 Å². The van der Waals surface area contributed by atoms with Crippen LogP contribution in [0.1, 0.15) is 44.1 Å². The molecule has 2 unspecified atom stereocenters. The van der Waals surface area contributed by atoms with Crippen LogP contribution in [0, 0.1) is 11.8 Å². The van der Waals surface area contributed by atoms with Gasteiger partial charge in [-0.3, -0.25) is 0 Å². The zero-order valence-electron chi connectivity index (χ0n) is 11.9. The lowest BCUT2D eigenvalue weighted by atomic mass is 9.70. The molecule has 3 rings (SSSR count). The van der Waals surface area contributed by atoms with Crippen molar-refractivity contribution in [2.24, 2.45) is 11.8 Å². The number of fused-ring (bicyclic) bond motifs is 2. The van der Waals surface area contributed by atoms with Gasteiger partial charge in [0.1, 0.15) is 0 Å². The van der Waals surface area contributed by atoms with E-state index in [2.05, 4.69) is 0 Å². The molecular weight excluding hydrogens is 250 g/mol. The number of hydrogen-bond acceptors (Lipinski definition) is 1. The second-order valence-electron chi connectivity index (χ2n) is 6.42. The summed E-state index contributed by atoms with van der Waals surface area (Å²) in [5.74, 6) is 1.51. The number of rotatable bonds is 3. The summed E-state index contributed by atoms with van der Waals surface area (Å²) < 4.78 is 0. The maximum Gasteiger partial charge on any atom is 0.407 e. The minimum atomic E-state index is -0.765. The Morgan fingerprint density at radius 2 is 1.75 bits per heavy atom. The van der Waals surface area contributed by atoms with E-state index in [-0.39, 0.29) is 6.04 Å². The lowest BCUT2D eigenvalue weighted by Crippen LogP contribution is -2.44. The number of carbonyl (C=O) groups is 1. The second kappa shape index (κ2) is 5.86. The highest BCUT2D eigenvalue weighted by Gasteiger charge is 2.36. The molecule has 0 spiro atoms. The summed E-state index contributed by atoms with van der Waals surface area (Å²) in [6.07, 6.45) is 6.63. The number of nitrogens with zero attached hydrogens (tertiary/aromatic N) is 1. The van der Waals surface area contributed by atoms with Gasteiger partial charge in [0.2, 0.25) is 0 Å². The normalized spacial score (nSPS) is 28.9. The molecule has 20 heavy (non-hydrogen) atoms. The Morgan fingerprint density at radius 3 is 2.35 bits per heavy atom. The first kappa shape index (κ1) is 13.5. The molecule has 0 aromatic heterocycles. The fourth-order valence-corrected chi connectivity index (χ4v) is 4.08. The van der Waals surface area contributed by atoms with Gasteiger partial charge in [-0.05, 0) is 36.7 Å². The molecular formula is C17H23NO2. The summed E-state index contributed by atoms with van der Waals surface area (Å²) in [5, 5.41) is 9.58. The van der Waals surface area contributed by atoms with Crippen molar-refractivity contribution >= 4 is 6.09 Å². The topological polar surface area (TPSA) is 40.5 Å². The zero-order chi connectivity index (χ0) is 13.9. The molecule has 2 atom stereocenters. The van der Waals surface area contributed by atoms with E-state index in [9.17, 15) is 9.90 Å². The van der Waals surface area contributed by atoms with Gasteiger partial charge in [0.15, 0.2) is 0 Å². The highest BCUT2D eigenvalue weighted by atomic mass is 16.4. The van der Waals surface area contributed by atoms with Crippen LogP contribution >= 0.6 is 0 Å². The third-order valence-corrected chi connectivity index (χ3v) is 4.98. The largest absolute Gasteiger partial charge is 0.465 e. The van der Waals surface area contributed by atoms with Crippen LogP contribution in [0.15, 0.2) is 30.3 Å². The first-order chi connectivity index (χ1) is 9.72. The van der Waals surface area contributed by atoms with Crippen molar-refractivity contribution in [2.75, 3.05) is 0 Å². The molecule has 2 fully saturated rings. The molecule has 3 heteroatoms. The maximum atomic E-state index is 11.6. The summed E-state index contributed by atoms with van der Waals surface area (Å²) in [5.41, 5.74) is 1.09. The van der Waals surface area contributed by atoms with Crippen molar-refractivity contribution in [1.29, 1.82) is 0 Å². The maximum absolute atomic E-state index is 11.6. The van der Waals surface area contributed by atoms with Gasteiger partial charge in [0.25, 0.3) is 0 Å². The third kappa shape index (κ3) is 2.97. The van der Waals surface area contributed by atoms with Crippen molar-refractivity contribution in [3.05, 3.63) is 35.9 Å². The minimum Gasteiger partial charge on any atom is -0.465 e. The van der Waals surface area contributed by atoms with Gasteiger partial charge in [-0.25, -0.2) is 4.79 Å². The van der Waals surface area contributed by atoms with E-state index in [0.29, 0.717) is 6.54 Å². The first-order valence-electron chi connectivity index (χ1n) is 7.76. The molecule has 0 heterocycles. The molecule has 108 valence electrons. The predicted octanol–water partition coefficient (Wildman–Crippen LogP) is 4.14. The average Bonchev–Trinajstić information content (AvgIpc) is 2.45. The molecule has 3 nitrogen and oxygen atoms in total. The predicted molar refractivity (Wildman–Crippen MR) is 78.5 cm³/mol. The molecule has 2 bridgehead atoms. The van der Waals surface area contributed by atoms with Crippen LogP contribution in [0.3, 0.4) is 0 Å². The van der Waals surface area contributed by atoms with E-state index >= 15 is 0 Å². The smallest absolute Gasteiger partial charge is 0.407 e. The molecule has 0 saturated heterocycles. The Bertz CT molecular complexity index is 447. The number of amides is 1. The van der Waals surface area contributed by atoms with Crippen molar-refractivity contribution in [2.45, 2.75) is 51.1 Å². The van der Waals surface area contributed by atoms with Gasteiger partial charge in [-0.15, -0.1) is 0 Å². The van der Waals surface area contributed by atoms with E-state index in [1.807, 2.05) is 30.3 Å². The molecule has 2 aliphatic rings. The molecule has 1 aromatic rings. The summed E-state index contributed by atoms with van der Waals surface area (Å²) in [7, 11) is 0. The summed E-state index contributed by atoms with van der Waals surface area (Å²) in [4.78, 5) is 13.3. The fourth-order valence-electron chi connectivity index (χ4n) is 4.08. The van der Waals surface area contributed by atoms with Crippen LogP contribution in [0.25, 0.3) is 0 Å². The molecule has 0 aliphatic heterocycles. The number of carboxylic acid groups (broad SMARTS) is 1. The fraction of sp³-hybridized carbons (Fsp3) is 0.588. The van der Waals surface area contributed by atoms with Gasteiger partial charge in [-0.2, -0.15) is 0 Å². The van der Waals surface area contributed by atoms with Crippen LogP contribution in [-0.2, 0) is 6.54 Å². The van der Waals surface area contributed by atoms with Crippen molar-refractivity contribution in [3.63, 3.8) is 0 Å². The SMILES string of the molecule is O=C(O)N(Cc1ccccc1)C1CC2CCCC(C2)C1. The van der Waals surface area contributed by atoms with Gasteiger partial charge >= 0.3 is 6.09 Å². The Labute approximate surface area is 120 Å². The second-order valence-corrected chi connectivity index (χ2v) is 6.42. The zero-order valence-corrected chi connectivity index (χ0v) is 11.9. The molecule has 1 N–H and O–H groups in total. The molecule has 1 amide bonds. The summed E-state index contributed by atoms with van der Waals surface area (Å²) >= 11 is 0. The average molecular weight is 273 g/mol. The molecule has 2 aliphatic carbocycles. The lowest BCUT2D eigenvalue weighted by molar-refractivity contribution is 0.0633. The highest BCUT2D eigenvalue weighted by Crippen LogP contribution is 2.41. The highest BCUT2D eigenvalue weighted by molar-refractivity contribution is 5.65. The van der Waals surface area contributed by atoms with E-state index in [1.54, 1.807) is 4.90 Å². The van der Waals surface area contributed by atoms with Crippen molar-refractivity contribution in [1.82, 2.24) is 4.90 Å². The Balaban J connectivity index is 1.72. The minimum absolute atomic E-state index is 0.219. The van der Waals surface area contributed by atoms with Crippen molar-refractivity contribution in [3.8, 4) is 0 Å². The van der Waals surface area contributed by atoms with Crippen molar-refractivity contribution < 1.29 is 9.90 Å². The molecule has 0 radical (unpaired) electrons. The number of hydrogen-bond donors (Lipinski definition) is 1.